The van der Waals surface area contributed by atoms with E-state index in [0.717, 1.165) is 12.1 Å². The number of aromatic hydroxyl groups is 1. The third-order valence-corrected chi connectivity index (χ3v) is 3.07. The number of phenols is 1. The first kappa shape index (κ1) is 11.5. The van der Waals surface area contributed by atoms with Crippen molar-refractivity contribution in [3.8, 4) is 5.75 Å². The average molecular weight is 260 g/mol. The van der Waals surface area contributed by atoms with Crippen molar-refractivity contribution in [2.24, 2.45) is 0 Å². The van der Waals surface area contributed by atoms with Crippen molar-refractivity contribution >= 4 is 11.6 Å². The van der Waals surface area contributed by atoms with E-state index in [2.05, 4.69) is 0 Å². The first-order valence-electron chi connectivity index (χ1n) is 5.41. The summed E-state index contributed by atoms with van der Waals surface area (Å²) in [5, 5.41) is 9.64. The highest BCUT2D eigenvalue weighted by atomic mass is 19.1. The molecule has 0 atom stereocenters. The van der Waals surface area contributed by atoms with Gasteiger partial charge in [0, 0.05) is 5.56 Å². The lowest BCUT2D eigenvalue weighted by atomic mass is 9.83. The lowest BCUT2D eigenvalue weighted by molar-refractivity contribution is 0.0969. The van der Waals surface area contributed by atoms with Crippen LogP contribution in [0.25, 0.3) is 0 Å². The van der Waals surface area contributed by atoms with E-state index in [4.69, 9.17) is 0 Å². The van der Waals surface area contributed by atoms with Crippen LogP contribution < -0.4 is 0 Å². The summed E-state index contributed by atoms with van der Waals surface area (Å²) in [6, 6.07) is 5.45. The Morgan fingerprint density at radius 2 is 1.37 bits per heavy atom. The van der Waals surface area contributed by atoms with Gasteiger partial charge < -0.3 is 5.11 Å². The van der Waals surface area contributed by atoms with Gasteiger partial charge in [0.2, 0.25) is 5.78 Å². The van der Waals surface area contributed by atoms with Gasteiger partial charge in [-0.1, -0.05) is 12.1 Å². The zero-order valence-electron chi connectivity index (χ0n) is 9.41. The van der Waals surface area contributed by atoms with Gasteiger partial charge in [0.05, 0.1) is 16.7 Å². The Hall–Kier alpha value is -2.56. The SMILES string of the molecule is O=C1c2cccc(O)c2C(=O)c2c(F)ccc(F)c21. The minimum absolute atomic E-state index is 0.123. The van der Waals surface area contributed by atoms with E-state index in [1.165, 1.54) is 18.2 Å². The van der Waals surface area contributed by atoms with Gasteiger partial charge in [-0.3, -0.25) is 9.59 Å². The van der Waals surface area contributed by atoms with Crippen LogP contribution in [0.15, 0.2) is 30.3 Å². The van der Waals surface area contributed by atoms with Crippen molar-refractivity contribution in [1.29, 1.82) is 0 Å². The highest BCUT2D eigenvalue weighted by Gasteiger charge is 2.36. The van der Waals surface area contributed by atoms with E-state index in [-0.39, 0.29) is 11.1 Å². The fourth-order valence-corrected chi connectivity index (χ4v) is 2.22. The number of carbonyl (C=O) groups is 2. The maximum Gasteiger partial charge on any atom is 0.201 e. The zero-order valence-corrected chi connectivity index (χ0v) is 9.41. The van der Waals surface area contributed by atoms with Crippen LogP contribution in [0.1, 0.15) is 31.8 Å². The van der Waals surface area contributed by atoms with E-state index in [1.807, 2.05) is 0 Å². The van der Waals surface area contributed by atoms with Gasteiger partial charge in [0.25, 0.3) is 0 Å². The predicted molar refractivity (Wildman–Crippen MR) is 61.3 cm³/mol. The molecule has 0 saturated carbocycles. The summed E-state index contributed by atoms with van der Waals surface area (Å²) in [5.74, 6) is -4.06. The van der Waals surface area contributed by atoms with E-state index in [0.29, 0.717) is 0 Å². The van der Waals surface area contributed by atoms with Crippen LogP contribution in [0, 0.1) is 11.6 Å². The number of hydrogen-bond acceptors (Lipinski definition) is 3. The topological polar surface area (TPSA) is 54.4 Å². The monoisotopic (exact) mass is 260 g/mol. The number of halogens is 2. The largest absolute Gasteiger partial charge is 0.507 e. The first-order chi connectivity index (χ1) is 9.02. The van der Waals surface area contributed by atoms with Crippen molar-refractivity contribution in [3.63, 3.8) is 0 Å². The van der Waals surface area contributed by atoms with Crippen LogP contribution in [-0.4, -0.2) is 16.7 Å². The summed E-state index contributed by atoms with van der Waals surface area (Å²) < 4.78 is 27.3. The smallest absolute Gasteiger partial charge is 0.201 e. The molecule has 0 aliphatic heterocycles. The second kappa shape index (κ2) is 3.71. The van der Waals surface area contributed by atoms with Crippen molar-refractivity contribution in [2.45, 2.75) is 0 Å². The molecular formula is C14H6F2O3. The zero-order chi connectivity index (χ0) is 13.7. The van der Waals surface area contributed by atoms with Gasteiger partial charge in [-0.05, 0) is 18.2 Å². The molecule has 5 heteroatoms. The van der Waals surface area contributed by atoms with Crippen molar-refractivity contribution in [3.05, 3.63) is 64.2 Å². The molecule has 2 aromatic carbocycles. The van der Waals surface area contributed by atoms with Crippen LogP contribution in [0.2, 0.25) is 0 Å². The lowest BCUT2D eigenvalue weighted by Gasteiger charge is -2.18. The van der Waals surface area contributed by atoms with Crippen LogP contribution in [0.5, 0.6) is 5.75 Å². The molecule has 1 aliphatic carbocycles. The van der Waals surface area contributed by atoms with Crippen LogP contribution in [-0.2, 0) is 0 Å². The number of benzene rings is 2. The van der Waals surface area contributed by atoms with Crippen molar-refractivity contribution < 1.29 is 23.5 Å². The normalized spacial score (nSPS) is 13.2. The summed E-state index contributed by atoms with van der Waals surface area (Å²) in [5.41, 5.74) is -1.62. The summed E-state index contributed by atoms with van der Waals surface area (Å²) in [7, 11) is 0. The number of ketones is 2. The van der Waals surface area contributed by atoms with E-state index in [1.54, 1.807) is 0 Å². The second-order valence-electron chi connectivity index (χ2n) is 4.14. The average Bonchev–Trinajstić information content (AvgIpc) is 2.38. The first-order valence-corrected chi connectivity index (χ1v) is 5.41. The van der Waals surface area contributed by atoms with E-state index < -0.39 is 40.1 Å². The maximum absolute atomic E-state index is 13.7. The molecule has 0 spiro atoms. The molecule has 0 amide bonds. The van der Waals surface area contributed by atoms with Gasteiger partial charge in [-0.15, -0.1) is 0 Å². The Morgan fingerprint density at radius 3 is 2.00 bits per heavy atom. The molecular weight excluding hydrogens is 254 g/mol. The van der Waals surface area contributed by atoms with Gasteiger partial charge in [-0.2, -0.15) is 0 Å². The third-order valence-electron chi connectivity index (χ3n) is 3.07. The summed E-state index contributed by atoms with van der Waals surface area (Å²) >= 11 is 0. The Morgan fingerprint density at radius 1 is 0.789 bits per heavy atom. The minimum atomic E-state index is -0.983. The van der Waals surface area contributed by atoms with E-state index in [9.17, 15) is 23.5 Å². The van der Waals surface area contributed by atoms with Gasteiger partial charge in [-0.25, -0.2) is 8.78 Å². The third kappa shape index (κ3) is 1.41. The van der Waals surface area contributed by atoms with Gasteiger partial charge >= 0.3 is 0 Å². The summed E-state index contributed by atoms with van der Waals surface area (Å²) in [6.07, 6.45) is 0. The van der Waals surface area contributed by atoms with Crippen molar-refractivity contribution in [2.75, 3.05) is 0 Å². The number of phenolic OH excluding ortho intramolecular Hbond substituents is 1. The summed E-state index contributed by atoms with van der Waals surface area (Å²) in [6.45, 7) is 0. The molecule has 0 unspecified atom stereocenters. The van der Waals surface area contributed by atoms with Gasteiger partial charge in [0.15, 0.2) is 5.78 Å². The fraction of sp³-hybridized carbons (Fsp3) is 0. The van der Waals surface area contributed by atoms with Crippen molar-refractivity contribution in [1.82, 2.24) is 0 Å². The Kier molecular flexibility index (Phi) is 2.25. The Labute approximate surface area is 106 Å². The van der Waals surface area contributed by atoms with Crippen LogP contribution in [0.3, 0.4) is 0 Å². The molecule has 1 N–H and O–H groups in total. The quantitative estimate of drug-likeness (QED) is 0.675. The molecule has 2 aromatic rings. The molecule has 0 bridgehead atoms. The molecule has 0 radical (unpaired) electrons. The predicted octanol–water partition coefficient (Wildman–Crippen LogP) is 2.45. The second-order valence-corrected chi connectivity index (χ2v) is 4.14. The lowest BCUT2D eigenvalue weighted by Crippen LogP contribution is -2.23. The number of carbonyl (C=O) groups excluding carboxylic acids is 2. The molecule has 94 valence electrons. The maximum atomic E-state index is 13.7. The van der Waals surface area contributed by atoms with Crippen LogP contribution in [0.4, 0.5) is 8.78 Å². The Bertz CT molecular complexity index is 751. The molecule has 3 nitrogen and oxygen atoms in total. The molecule has 0 fully saturated rings. The fourth-order valence-electron chi connectivity index (χ4n) is 2.22. The number of hydrogen-bond donors (Lipinski definition) is 1. The number of fused-ring (bicyclic) bond motifs is 2. The highest BCUT2D eigenvalue weighted by molar-refractivity contribution is 6.29. The molecule has 3 rings (SSSR count). The minimum Gasteiger partial charge on any atom is -0.507 e. The molecule has 1 aliphatic rings. The number of rotatable bonds is 0. The molecule has 0 saturated heterocycles. The Balaban J connectivity index is 2.43. The standard InChI is InChI=1S/C14H6F2O3/c15-7-4-5-8(16)12-11(7)13(18)6-2-1-3-9(17)10(6)14(12)19/h1-5,17H. The van der Waals surface area contributed by atoms with Gasteiger partial charge in [0.1, 0.15) is 17.4 Å². The summed E-state index contributed by atoms with van der Waals surface area (Å²) in [4.78, 5) is 24.2. The highest BCUT2D eigenvalue weighted by Crippen LogP contribution is 2.34. The van der Waals surface area contributed by atoms with Crippen LogP contribution >= 0.6 is 0 Å². The molecule has 0 heterocycles. The molecule has 19 heavy (non-hydrogen) atoms. The molecule has 0 aromatic heterocycles. The van der Waals surface area contributed by atoms with E-state index >= 15 is 0 Å².